The van der Waals surface area contributed by atoms with E-state index in [0.717, 1.165) is 5.57 Å². The molecule has 8 nitrogen and oxygen atoms in total. The third-order valence-corrected chi connectivity index (χ3v) is 6.51. The number of rotatable bonds is 2. The zero-order valence-electron chi connectivity index (χ0n) is 17.2. The standard InChI is InChI=1S/C22H25N3O5/c1-11(2)9-16-18-17(13-7-6-12(30-3)10-14(13)23-18)19(26)22(29)21(28)24-8-4-5-15(24)20(27)25(16)22/h6-7,9-10,15-16,19,23,26,29H,4-5,8H2,1-3H3/t15-,16+,19+,22-/m1/s1. The number of carbonyl (C=O) groups is 2. The van der Waals surface area contributed by atoms with Gasteiger partial charge in [0.05, 0.1) is 13.2 Å². The van der Waals surface area contributed by atoms with Gasteiger partial charge in [-0.15, -0.1) is 0 Å². The average molecular weight is 411 g/mol. The van der Waals surface area contributed by atoms with E-state index in [-0.39, 0.29) is 5.91 Å². The van der Waals surface area contributed by atoms with Gasteiger partial charge in [0.1, 0.15) is 17.9 Å². The predicted octanol–water partition coefficient (Wildman–Crippen LogP) is 1.75. The molecule has 0 unspecified atom stereocenters. The Morgan fingerprint density at radius 1 is 1.33 bits per heavy atom. The number of aliphatic hydroxyl groups excluding tert-OH is 1. The maximum absolute atomic E-state index is 13.5. The Bertz CT molecular complexity index is 1100. The summed E-state index contributed by atoms with van der Waals surface area (Å²) in [5, 5.41) is 23.7. The molecule has 0 radical (unpaired) electrons. The van der Waals surface area contributed by atoms with Crippen molar-refractivity contribution < 1.29 is 24.5 Å². The van der Waals surface area contributed by atoms with Crippen molar-refractivity contribution in [1.82, 2.24) is 14.8 Å². The highest BCUT2D eigenvalue weighted by atomic mass is 16.5. The molecule has 1 aromatic carbocycles. The molecule has 0 aliphatic carbocycles. The monoisotopic (exact) mass is 411 g/mol. The fourth-order valence-corrected chi connectivity index (χ4v) is 5.19. The number of carbonyl (C=O) groups excluding carboxylic acids is 2. The van der Waals surface area contributed by atoms with Gasteiger partial charge in [-0.25, -0.2) is 0 Å². The SMILES string of the molecule is COc1ccc2c3c([nH]c2c1)[C@H](C=C(C)C)N1C(=O)[C@H]2CCCN2C(=O)[C@]1(O)[C@H]3O. The van der Waals surface area contributed by atoms with Crippen LogP contribution in [0, 0.1) is 0 Å². The number of benzene rings is 1. The molecule has 2 saturated heterocycles. The number of aliphatic hydroxyl groups is 2. The van der Waals surface area contributed by atoms with E-state index in [2.05, 4.69) is 4.98 Å². The predicted molar refractivity (Wildman–Crippen MR) is 109 cm³/mol. The highest BCUT2D eigenvalue weighted by Gasteiger charge is 2.65. The molecule has 3 N–H and O–H groups in total. The van der Waals surface area contributed by atoms with Crippen LogP contribution in [0.25, 0.3) is 10.9 Å². The highest BCUT2D eigenvalue weighted by Crippen LogP contribution is 2.51. The lowest BCUT2D eigenvalue weighted by Gasteiger charge is -2.54. The molecule has 3 aliphatic heterocycles. The number of nitrogens with one attached hydrogen (secondary N) is 1. The van der Waals surface area contributed by atoms with Crippen molar-refractivity contribution in [1.29, 1.82) is 0 Å². The normalized spacial score (nSPS) is 30.2. The van der Waals surface area contributed by atoms with Crippen LogP contribution in [-0.4, -0.2) is 62.2 Å². The molecule has 30 heavy (non-hydrogen) atoms. The first-order chi connectivity index (χ1) is 14.3. The van der Waals surface area contributed by atoms with Gasteiger partial charge in [-0.1, -0.05) is 11.6 Å². The van der Waals surface area contributed by atoms with Gasteiger partial charge in [-0.05, 0) is 38.8 Å². The molecular weight excluding hydrogens is 386 g/mol. The number of aromatic nitrogens is 1. The Hall–Kier alpha value is -2.84. The molecule has 4 heterocycles. The Morgan fingerprint density at radius 3 is 2.80 bits per heavy atom. The van der Waals surface area contributed by atoms with Crippen molar-refractivity contribution in [3.8, 4) is 5.75 Å². The first kappa shape index (κ1) is 19.1. The van der Waals surface area contributed by atoms with E-state index < -0.39 is 29.8 Å². The number of nitrogens with zero attached hydrogens (tertiary/aromatic N) is 2. The minimum absolute atomic E-state index is 0.335. The summed E-state index contributed by atoms with van der Waals surface area (Å²) >= 11 is 0. The number of hydrogen-bond acceptors (Lipinski definition) is 5. The van der Waals surface area contributed by atoms with Gasteiger partial charge < -0.3 is 24.8 Å². The fourth-order valence-electron chi connectivity index (χ4n) is 5.19. The molecule has 2 fully saturated rings. The number of methoxy groups -OCH3 is 1. The molecule has 8 heteroatoms. The third-order valence-electron chi connectivity index (χ3n) is 6.51. The first-order valence-electron chi connectivity index (χ1n) is 10.2. The van der Waals surface area contributed by atoms with Crippen LogP contribution in [0.3, 0.4) is 0 Å². The molecule has 4 atom stereocenters. The molecule has 1 aromatic heterocycles. The van der Waals surface area contributed by atoms with Gasteiger partial charge >= 0.3 is 0 Å². The second kappa shape index (κ2) is 6.33. The van der Waals surface area contributed by atoms with E-state index in [9.17, 15) is 19.8 Å². The third kappa shape index (κ3) is 2.29. The number of H-pyrrole nitrogens is 1. The van der Waals surface area contributed by atoms with E-state index in [4.69, 9.17) is 4.74 Å². The Labute approximate surface area is 173 Å². The van der Waals surface area contributed by atoms with Gasteiger partial charge in [0.2, 0.25) is 5.91 Å². The molecule has 0 bridgehead atoms. The summed E-state index contributed by atoms with van der Waals surface area (Å²) in [4.78, 5) is 32.8. The number of piperazine rings is 1. The summed E-state index contributed by atoms with van der Waals surface area (Å²) in [7, 11) is 1.57. The van der Waals surface area contributed by atoms with E-state index in [1.54, 1.807) is 25.3 Å². The topological polar surface area (TPSA) is 106 Å². The van der Waals surface area contributed by atoms with Crippen LogP contribution in [-0.2, 0) is 9.59 Å². The molecule has 5 rings (SSSR count). The zero-order valence-corrected chi connectivity index (χ0v) is 17.2. The Kier molecular flexibility index (Phi) is 4.04. The van der Waals surface area contributed by atoms with E-state index in [1.165, 1.54) is 9.80 Å². The Morgan fingerprint density at radius 2 is 2.10 bits per heavy atom. The van der Waals surface area contributed by atoms with Crippen molar-refractivity contribution >= 4 is 22.7 Å². The zero-order chi connectivity index (χ0) is 21.4. The summed E-state index contributed by atoms with van der Waals surface area (Å²) in [6.07, 6.45) is 1.53. The molecule has 0 saturated carbocycles. The minimum Gasteiger partial charge on any atom is -0.497 e. The van der Waals surface area contributed by atoms with Crippen molar-refractivity contribution in [2.24, 2.45) is 0 Å². The number of allylic oxidation sites excluding steroid dienone is 1. The molecule has 2 aromatic rings. The summed E-state index contributed by atoms with van der Waals surface area (Å²) < 4.78 is 5.30. The summed E-state index contributed by atoms with van der Waals surface area (Å²) in [6, 6.07) is 4.06. The van der Waals surface area contributed by atoms with Crippen LogP contribution in [0.1, 0.15) is 50.1 Å². The van der Waals surface area contributed by atoms with E-state index in [1.807, 2.05) is 19.9 Å². The molecule has 0 spiro atoms. The number of ether oxygens (including phenoxy) is 1. The summed E-state index contributed by atoms with van der Waals surface area (Å²) in [5.41, 5.74) is 0.317. The van der Waals surface area contributed by atoms with Crippen LogP contribution in [0.2, 0.25) is 0 Å². The maximum atomic E-state index is 13.5. The number of aromatic amines is 1. The second-order valence-corrected chi connectivity index (χ2v) is 8.55. The molecule has 3 aliphatic rings. The van der Waals surface area contributed by atoms with Gasteiger partial charge in [0.15, 0.2) is 0 Å². The van der Waals surface area contributed by atoms with Gasteiger partial charge in [0.25, 0.3) is 11.6 Å². The van der Waals surface area contributed by atoms with Crippen LogP contribution in [0.15, 0.2) is 29.8 Å². The van der Waals surface area contributed by atoms with Crippen LogP contribution >= 0.6 is 0 Å². The second-order valence-electron chi connectivity index (χ2n) is 8.55. The lowest BCUT2D eigenvalue weighted by molar-refractivity contribution is -0.229. The summed E-state index contributed by atoms with van der Waals surface area (Å²) in [6.45, 7) is 4.20. The quantitative estimate of drug-likeness (QED) is 0.653. The molecule has 2 amide bonds. The van der Waals surface area contributed by atoms with Gasteiger partial charge in [0, 0.05) is 34.8 Å². The van der Waals surface area contributed by atoms with Crippen molar-refractivity contribution in [2.45, 2.75) is 50.6 Å². The van der Waals surface area contributed by atoms with Gasteiger partial charge in [-0.2, -0.15) is 0 Å². The van der Waals surface area contributed by atoms with E-state index >= 15 is 0 Å². The number of fused-ring (bicyclic) bond motifs is 5. The average Bonchev–Trinajstić information content (AvgIpc) is 3.34. The summed E-state index contributed by atoms with van der Waals surface area (Å²) in [5.74, 6) is -0.311. The molecular formula is C22H25N3O5. The van der Waals surface area contributed by atoms with Crippen molar-refractivity contribution in [3.05, 3.63) is 41.1 Å². The maximum Gasteiger partial charge on any atom is 0.279 e. The van der Waals surface area contributed by atoms with Crippen molar-refractivity contribution in [2.75, 3.05) is 13.7 Å². The lowest BCUT2D eigenvalue weighted by atomic mass is 9.82. The first-order valence-corrected chi connectivity index (χ1v) is 10.2. The Balaban J connectivity index is 1.80. The van der Waals surface area contributed by atoms with Crippen LogP contribution < -0.4 is 4.74 Å². The fraction of sp³-hybridized carbons (Fsp3) is 0.455. The van der Waals surface area contributed by atoms with Crippen molar-refractivity contribution in [3.63, 3.8) is 0 Å². The smallest absolute Gasteiger partial charge is 0.279 e. The molecule has 158 valence electrons. The minimum atomic E-state index is -2.35. The number of hydrogen-bond donors (Lipinski definition) is 3. The van der Waals surface area contributed by atoms with Crippen LogP contribution in [0.4, 0.5) is 0 Å². The lowest BCUT2D eigenvalue weighted by Crippen LogP contribution is -2.74. The van der Waals surface area contributed by atoms with Crippen LogP contribution in [0.5, 0.6) is 5.75 Å². The largest absolute Gasteiger partial charge is 0.497 e. The highest BCUT2D eigenvalue weighted by molar-refractivity contribution is 6.01. The number of amides is 2. The van der Waals surface area contributed by atoms with Gasteiger partial charge in [-0.3, -0.25) is 14.5 Å². The van der Waals surface area contributed by atoms with E-state index in [0.29, 0.717) is 47.3 Å².